The predicted octanol–water partition coefficient (Wildman–Crippen LogP) is 5.96. The van der Waals surface area contributed by atoms with Crippen molar-refractivity contribution in [3.8, 4) is 22.8 Å². The highest BCUT2D eigenvalue weighted by Crippen LogP contribution is 2.30. The van der Waals surface area contributed by atoms with Crippen molar-refractivity contribution in [1.82, 2.24) is 40.0 Å². The number of aromatic amines is 2. The molecule has 0 amide bonds. The van der Waals surface area contributed by atoms with Gasteiger partial charge in [-0.15, -0.1) is 0 Å². The minimum absolute atomic E-state index is 0.642. The molecule has 0 aromatic carbocycles. The van der Waals surface area contributed by atoms with E-state index < -0.39 is 0 Å². The molecule has 0 spiro atoms. The quantitative estimate of drug-likeness (QED) is 0.266. The van der Waals surface area contributed by atoms with Crippen LogP contribution in [0.15, 0.2) is 79.3 Å². The number of allylic oxidation sites excluding steroid dienone is 3. The van der Waals surface area contributed by atoms with Crippen molar-refractivity contribution in [3.05, 3.63) is 85.0 Å². The Kier molecular flexibility index (Phi) is 6.62. The molecule has 6 rings (SSSR count). The van der Waals surface area contributed by atoms with Gasteiger partial charge in [0.25, 0.3) is 0 Å². The number of hydrogen-bond donors (Lipinski definition) is 2. The normalized spacial score (nSPS) is 15.4. The molecule has 1 aliphatic heterocycles. The average Bonchev–Trinajstić information content (AvgIpc) is 3.60. The zero-order valence-corrected chi connectivity index (χ0v) is 21.5. The van der Waals surface area contributed by atoms with Gasteiger partial charge in [-0.25, -0.2) is 9.97 Å². The largest absolute Gasteiger partial charge is 0.336 e. The lowest BCUT2D eigenvalue weighted by molar-refractivity contribution is 0.248. The molecule has 8 heteroatoms. The first-order valence-corrected chi connectivity index (χ1v) is 13.1. The lowest BCUT2D eigenvalue weighted by Gasteiger charge is -2.26. The Balaban J connectivity index is 1.36. The Morgan fingerprint density at radius 3 is 2.66 bits per heavy atom. The van der Waals surface area contributed by atoms with E-state index in [4.69, 9.17) is 9.97 Å². The second-order valence-electron chi connectivity index (χ2n) is 9.55. The molecule has 38 heavy (non-hydrogen) atoms. The monoisotopic (exact) mass is 502 g/mol. The topological polar surface area (TPSA) is 99.3 Å². The minimum Gasteiger partial charge on any atom is -0.336 e. The number of likely N-dealkylation sites (tertiary alicyclic amines) is 1. The van der Waals surface area contributed by atoms with Crippen molar-refractivity contribution in [2.24, 2.45) is 0 Å². The Bertz CT molecular complexity index is 1650. The van der Waals surface area contributed by atoms with Crippen LogP contribution >= 0.6 is 0 Å². The summed E-state index contributed by atoms with van der Waals surface area (Å²) in [6, 6.07) is 9.85. The second kappa shape index (κ2) is 10.5. The second-order valence-corrected chi connectivity index (χ2v) is 9.55. The third kappa shape index (κ3) is 4.66. The Hall–Kier alpha value is -4.43. The van der Waals surface area contributed by atoms with Gasteiger partial charge in [-0.05, 0) is 80.4 Å². The summed E-state index contributed by atoms with van der Waals surface area (Å²) < 4.78 is 0. The molecule has 0 atom stereocenters. The van der Waals surface area contributed by atoms with Crippen molar-refractivity contribution < 1.29 is 0 Å². The Morgan fingerprint density at radius 1 is 1.00 bits per heavy atom. The van der Waals surface area contributed by atoms with E-state index in [1.807, 2.05) is 43.3 Å². The summed E-state index contributed by atoms with van der Waals surface area (Å²) >= 11 is 0. The van der Waals surface area contributed by atoms with E-state index in [9.17, 15) is 0 Å². The van der Waals surface area contributed by atoms with Crippen LogP contribution in [0.1, 0.15) is 31.9 Å². The molecule has 1 saturated heterocycles. The van der Waals surface area contributed by atoms with Crippen molar-refractivity contribution in [2.45, 2.75) is 26.2 Å². The van der Waals surface area contributed by atoms with Crippen LogP contribution in [0.5, 0.6) is 0 Å². The standard InChI is InChI=1S/C30H30N8/c1-3-20(19-38-15-6-5-7-16-38)17-21(4-2)23-10-11-25-28(33-23)29(37-36-25)30-34-24-12-14-32-26(27(24)35-30)22-9-8-13-31-18-22/h3-4,8-14,17-18H,1,5-7,15-16,19H2,2H3,(H,34,35)(H,36,37)/b20-17+,21-4+. The molecule has 0 aliphatic carbocycles. The molecule has 8 nitrogen and oxygen atoms in total. The predicted molar refractivity (Wildman–Crippen MR) is 152 cm³/mol. The van der Waals surface area contributed by atoms with Crippen LogP contribution in [0.3, 0.4) is 0 Å². The van der Waals surface area contributed by atoms with Crippen LogP contribution in [-0.4, -0.2) is 59.7 Å². The van der Waals surface area contributed by atoms with Crippen LogP contribution < -0.4 is 0 Å². The van der Waals surface area contributed by atoms with Crippen molar-refractivity contribution in [2.75, 3.05) is 19.6 Å². The van der Waals surface area contributed by atoms with E-state index in [2.05, 4.69) is 48.8 Å². The molecule has 1 fully saturated rings. The molecule has 6 heterocycles. The number of rotatable bonds is 7. The first-order valence-electron chi connectivity index (χ1n) is 13.1. The molecule has 0 saturated carbocycles. The van der Waals surface area contributed by atoms with Gasteiger partial charge in [0.15, 0.2) is 11.5 Å². The highest BCUT2D eigenvalue weighted by Gasteiger charge is 2.18. The van der Waals surface area contributed by atoms with E-state index >= 15 is 0 Å². The fourth-order valence-electron chi connectivity index (χ4n) is 5.04. The smallest absolute Gasteiger partial charge is 0.161 e. The van der Waals surface area contributed by atoms with Crippen molar-refractivity contribution in [1.29, 1.82) is 0 Å². The molecule has 0 unspecified atom stereocenters. The van der Waals surface area contributed by atoms with Gasteiger partial charge in [0.1, 0.15) is 11.0 Å². The maximum Gasteiger partial charge on any atom is 0.161 e. The highest BCUT2D eigenvalue weighted by molar-refractivity contribution is 5.95. The zero-order valence-electron chi connectivity index (χ0n) is 21.5. The van der Waals surface area contributed by atoms with Crippen LogP contribution in [0.4, 0.5) is 0 Å². The summed E-state index contributed by atoms with van der Waals surface area (Å²) in [7, 11) is 0. The molecule has 1 aliphatic rings. The highest BCUT2D eigenvalue weighted by atomic mass is 15.2. The number of hydrogen-bond acceptors (Lipinski definition) is 6. The lowest BCUT2D eigenvalue weighted by atomic mass is 10.0. The first kappa shape index (κ1) is 23.9. The van der Waals surface area contributed by atoms with E-state index in [-0.39, 0.29) is 0 Å². The van der Waals surface area contributed by atoms with Gasteiger partial charge < -0.3 is 4.98 Å². The van der Waals surface area contributed by atoms with Crippen LogP contribution in [0.2, 0.25) is 0 Å². The summed E-state index contributed by atoms with van der Waals surface area (Å²) in [6.45, 7) is 9.32. The summed E-state index contributed by atoms with van der Waals surface area (Å²) in [6.07, 6.45) is 15.4. The van der Waals surface area contributed by atoms with E-state index in [0.29, 0.717) is 11.5 Å². The molecule has 0 radical (unpaired) electrons. The number of nitrogens with one attached hydrogen (secondary N) is 2. The molecule has 0 bridgehead atoms. The van der Waals surface area contributed by atoms with E-state index in [1.165, 1.54) is 24.8 Å². The number of nitrogens with zero attached hydrogens (tertiary/aromatic N) is 6. The SMILES string of the molecule is C=C/C(=C\C(=C/C)c1ccc2[nH]nc(-c3nc4c(-c5cccnc5)nccc4[nH]3)c2n1)CN1CCCCC1. The molecule has 190 valence electrons. The third-order valence-corrected chi connectivity index (χ3v) is 7.03. The molecule has 5 aromatic heterocycles. The fraction of sp³-hybridized carbons (Fsp3) is 0.233. The molecular weight excluding hydrogens is 472 g/mol. The number of pyridine rings is 3. The van der Waals surface area contributed by atoms with Gasteiger partial charge >= 0.3 is 0 Å². The maximum absolute atomic E-state index is 5.03. The lowest BCUT2D eigenvalue weighted by Crippen LogP contribution is -2.31. The maximum atomic E-state index is 5.03. The summed E-state index contributed by atoms with van der Waals surface area (Å²) in [5.74, 6) is 0.642. The number of fused-ring (bicyclic) bond motifs is 2. The number of piperidine rings is 1. The average molecular weight is 503 g/mol. The van der Waals surface area contributed by atoms with Gasteiger partial charge in [-0.3, -0.25) is 20.0 Å². The Labute approximate surface area is 221 Å². The molecule has 5 aromatic rings. The van der Waals surface area contributed by atoms with E-state index in [1.54, 1.807) is 18.6 Å². The number of H-pyrrole nitrogens is 2. The first-order chi connectivity index (χ1) is 18.7. The zero-order chi connectivity index (χ0) is 25.9. The van der Waals surface area contributed by atoms with Gasteiger partial charge in [0.05, 0.1) is 22.4 Å². The fourth-order valence-corrected chi connectivity index (χ4v) is 5.04. The van der Waals surface area contributed by atoms with Crippen LogP contribution in [0.25, 0.3) is 50.4 Å². The van der Waals surface area contributed by atoms with Crippen LogP contribution in [-0.2, 0) is 0 Å². The Morgan fingerprint density at radius 2 is 1.87 bits per heavy atom. The molecule has 2 N–H and O–H groups in total. The van der Waals surface area contributed by atoms with Gasteiger partial charge in [0, 0.05) is 30.7 Å². The van der Waals surface area contributed by atoms with Gasteiger partial charge in [0.2, 0.25) is 0 Å². The molecular formula is C30H30N8. The van der Waals surface area contributed by atoms with Crippen molar-refractivity contribution in [3.63, 3.8) is 0 Å². The van der Waals surface area contributed by atoms with Gasteiger partial charge in [-0.1, -0.05) is 25.2 Å². The van der Waals surface area contributed by atoms with E-state index in [0.717, 1.165) is 64.2 Å². The summed E-state index contributed by atoms with van der Waals surface area (Å²) in [5.41, 5.74) is 8.77. The third-order valence-electron chi connectivity index (χ3n) is 7.03. The minimum atomic E-state index is 0.642. The summed E-state index contributed by atoms with van der Waals surface area (Å²) in [5, 5.41) is 7.68. The number of imidazole rings is 1. The van der Waals surface area contributed by atoms with Crippen LogP contribution in [0, 0.1) is 0 Å². The van der Waals surface area contributed by atoms with Gasteiger partial charge in [-0.2, -0.15) is 5.10 Å². The number of aromatic nitrogens is 7. The summed E-state index contributed by atoms with van der Waals surface area (Å²) in [4.78, 5) is 24.6. The van der Waals surface area contributed by atoms with Crippen molar-refractivity contribution >= 4 is 27.6 Å².